The maximum Gasteiger partial charge on any atom is 0.224 e. The van der Waals surface area contributed by atoms with E-state index in [1.165, 1.54) is 6.33 Å². The maximum atomic E-state index is 5.35. The summed E-state index contributed by atoms with van der Waals surface area (Å²) >= 11 is 0. The molecule has 2 aromatic heterocycles. The van der Waals surface area contributed by atoms with Gasteiger partial charge in [0.15, 0.2) is 0 Å². The molecule has 1 fully saturated rings. The van der Waals surface area contributed by atoms with Gasteiger partial charge < -0.3 is 14.5 Å². The van der Waals surface area contributed by atoms with Crippen LogP contribution in [-0.2, 0) is 0 Å². The Morgan fingerprint density at radius 1 is 0.917 bits per heavy atom. The fourth-order valence-electron chi connectivity index (χ4n) is 3.04. The fourth-order valence-corrected chi connectivity index (χ4v) is 3.04. The highest BCUT2D eigenvalue weighted by Crippen LogP contribution is 2.27. The minimum absolute atomic E-state index is 0.612. The van der Waals surface area contributed by atoms with Gasteiger partial charge in [-0.25, -0.2) is 19.9 Å². The van der Waals surface area contributed by atoms with E-state index in [1.807, 2.05) is 12.1 Å². The van der Waals surface area contributed by atoms with Crippen molar-refractivity contribution >= 4 is 22.4 Å². The zero-order chi connectivity index (χ0) is 16.4. The predicted octanol–water partition coefficient (Wildman–Crippen LogP) is 1.75. The SMILES string of the molecule is COc1ncnc2ccc(N3CCN(c4ccncn4)CC3)cc12. The molecule has 0 bridgehead atoms. The van der Waals surface area contributed by atoms with Crippen molar-refractivity contribution in [3.8, 4) is 5.88 Å². The molecule has 0 aliphatic carbocycles. The molecule has 0 N–H and O–H groups in total. The van der Waals surface area contributed by atoms with Crippen LogP contribution in [0.3, 0.4) is 0 Å². The number of fused-ring (bicyclic) bond motifs is 1. The third-order valence-corrected chi connectivity index (χ3v) is 4.31. The molecule has 3 heterocycles. The smallest absolute Gasteiger partial charge is 0.224 e. The van der Waals surface area contributed by atoms with Gasteiger partial charge in [0.1, 0.15) is 18.5 Å². The van der Waals surface area contributed by atoms with Gasteiger partial charge in [0.05, 0.1) is 18.0 Å². The van der Waals surface area contributed by atoms with E-state index in [4.69, 9.17) is 4.74 Å². The van der Waals surface area contributed by atoms with Crippen molar-refractivity contribution in [3.63, 3.8) is 0 Å². The second-order valence-electron chi connectivity index (χ2n) is 5.63. The molecule has 24 heavy (non-hydrogen) atoms. The van der Waals surface area contributed by atoms with Crippen molar-refractivity contribution in [2.24, 2.45) is 0 Å². The van der Waals surface area contributed by atoms with Gasteiger partial charge in [-0.15, -0.1) is 0 Å². The number of ether oxygens (including phenoxy) is 1. The van der Waals surface area contributed by atoms with Crippen molar-refractivity contribution in [3.05, 3.63) is 43.1 Å². The van der Waals surface area contributed by atoms with Gasteiger partial charge in [-0.2, -0.15) is 0 Å². The number of piperazine rings is 1. The number of aromatic nitrogens is 4. The monoisotopic (exact) mass is 322 g/mol. The Morgan fingerprint density at radius 3 is 2.50 bits per heavy atom. The summed E-state index contributed by atoms with van der Waals surface area (Å²) in [6.45, 7) is 3.73. The summed E-state index contributed by atoms with van der Waals surface area (Å²) in [6, 6.07) is 8.18. The van der Waals surface area contributed by atoms with E-state index in [0.717, 1.165) is 48.6 Å². The maximum absolute atomic E-state index is 5.35. The first-order valence-corrected chi connectivity index (χ1v) is 7.90. The summed E-state index contributed by atoms with van der Waals surface area (Å²) in [4.78, 5) is 21.4. The number of rotatable bonds is 3. The Kier molecular flexibility index (Phi) is 3.82. The molecule has 1 aromatic carbocycles. The molecular formula is C17H18N6O. The highest BCUT2D eigenvalue weighted by molar-refractivity contribution is 5.86. The summed E-state index contributed by atoms with van der Waals surface area (Å²) in [5.41, 5.74) is 2.06. The average Bonchev–Trinajstić information content (AvgIpc) is 2.68. The highest BCUT2D eigenvalue weighted by Gasteiger charge is 2.19. The predicted molar refractivity (Wildman–Crippen MR) is 92.5 cm³/mol. The van der Waals surface area contributed by atoms with Gasteiger partial charge in [-0.3, -0.25) is 0 Å². The van der Waals surface area contributed by atoms with Crippen molar-refractivity contribution in [1.29, 1.82) is 0 Å². The Labute approximate surface area is 140 Å². The molecule has 0 radical (unpaired) electrons. The number of anilines is 2. The van der Waals surface area contributed by atoms with E-state index >= 15 is 0 Å². The van der Waals surface area contributed by atoms with Crippen LogP contribution in [0.2, 0.25) is 0 Å². The number of benzene rings is 1. The van der Waals surface area contributed by atoms with Gasteiger partial charge in [-0.05, 0) is 24.3 Å². The van der Waals surface area contributed by atoms with Crippen LogP contribution >= 0.6 is 0 Å². The zero-order valence-corrected chi connectivity index (χ0v) is 13.5. The molecule has 0 spiro atoms. The Bertz CT molecular complexity index is 833. The molecule has 122 valence electrons. The van der Waals surface area contributed by atoms with E-state index in [0.29, 0.717) is 5.88 Å². The number of methoxy groups -OCH3 is 1. The molecule has 0 atom stereocenters. The van der Waals surface area contributed by atoms with Gasteiger partial charge in [-0.1, -0.05) is 0 Å². The van der Waals surface area contributed by atoms with E-state index in [1.54, 1.807) is 19.6 Å². The molecule has 7 heteroatoms. The molecular weight excluding hydrogens is 304 g/mol. The standard InChI is InChI=1S/C17H18N6O/c1-24-17-14-10-13(2-3-15(14)19-12-21-17)22-6-8-23(9-7-22)16-4-5-18-11-20-16/h2-5,10-12H,6-9H2,1H3. The molecule has 0 amide bonds. The zero-order valence-electron chi connectivity index (χ0n) is 13.5. The van der Waals surface area contributed by atoms with Gasteiger partial charge in [0.25, 0.3) is 0 Å². The molecule has 1 saturated heterocycles. The lowest BCUT2D eigenvalue weighted by Crippen LogP contribution is -2.46. The van der Waals surface area contributed by atoms with Gasteiger partial charge >= 0.3 is 0 Å². The van der Waals surface area contributed by atoms with E-state index < -0.39 is 0 Å². The molecule has 3 aromatic rings. The molecule has 1 aliphatic heterocycles. The summed E-state index contributed by atoms with van der Waals surface area (Å²) in [5.74, 6) is 1.60. The Balaban J connectivity index is 1.54. The molecule has 1 aliphatic rings. The molecule has 0 saturated carbocycles. The lowest BCUT2D eigenvalue weighted by Gasteiger charge is -2.36. The minimum atomic E-state index is 0.612. The van der Waals surface area contributed by atoms with E-state index in [9.17, 15) is 0 Å². The molecule has 7 nitrogen and oxygen atoms in total. The first kappa shape index (κ1) is 14.6. The average molecular weight is 322 g/mol. The van der Waals surface area contributed by atoms with Crippen LogP contribution < -0.4 is 14.5 Å². The Morgan fingerprint density at radius 2 is 1.75 bits per heavy atom. The Hall–Kier alpha value is -2.96. The third kappa shape index (κ3) is 2.68. The quantitative estimate of drug-likeness (QED) is 0.728. The van der Waals surface area contributed by atoms with Crippen molar-refractivity contribution in [2.45, 2.75) is 0 Å². The first-order chi connectivity index (χ1) is 11.8. The summed E-state index contributed by atoms with van der Waals surface area (Å²) in [7, 11) is 1.63. The highest BCUT2D eigenvalue weighted by atomic mass is 16.5. The summed E-state index contributed by atoms with van der Waals surface area (Å²) < 4.78 is 5.35. The van der Waals surface area contributed by atoms with Crippen LogP contribution in [0.25, 0.3) is 10.9 Å². The second-order valence-corrected chi connectivity index (χ2v) is 5.63. The van der Waals surface area contributed by atoms with E-state index in [2.05, 4.69) is 41.9 Å². The largest absolute Gasteiger partial charge is 0.480 e. The van der Waals surface area contributed by atoms with Crippen LogP contribution in [-0.4, -0.2) is 53.2 Å². The van der Waals surface area contributed by atoms with E-state index in [-0.39, 0.29) is 0 Å². The van der Waals surface area contributed by atoms with Crippen LogP contribution in [0, 0.1) is 0 Å². The topological polar surface area (TPSA) is 67.3 Å². The van der Waals surface area contributed by atoms with Crippen LogP contribution in [0.15, 0.2) is 43.1 Å². The summed E-state index contributed by atoms with van der Waals surface area (Å²) in [5, 5.41) is 0.940. The number of hydrogen-bond donors (Lipinski definition) is 0. The second kappa shape index (κ2) is 6.27. The molecule has 4 rings (SSSR count). The minimum Gasteiger partial charge on any atom is -0.480 e. The van der Waals surface area contributed by atoms with Crippen LogP contribution in [0.1, 0.15) is 0 Å². The number of hydrogen-bond acceptors (Lipinski definition) is 7. The lowest BCUT2D eigenvalue weighted by atomic mass is 10.2. The number of nitrogens with zero attached hydrogens (tertiary/aromatic N) is 6. The van der Waals surface area contributed by atoms with Gasteiger partial charge in [0, 0.05) is 38.1 Å². The van der Waals surface area contributed by atoms with Gasteiger partial charge in [0.2, 0.25) is 5.88 Å². The van der Waals surface area contributed by atoms with Crippen LogP contribution in [0.4, 0.5) is 11.5 Å². The molecule has 0 unspecified atom stereocenters. The third-order valence-electron chi connectivity index (χ3n) is 4.31. The van der Waals surface area contributed by atoms with Crippen molar-refractivity contribution < 1.29 is 4.74 Å². The van der Waals surface area contributed by atoms with Crippen molar-refractivity contribution in [1.82, 2.24) is 19.9 Å². The lowest BCUT2D eigenvalue weighted by molar-refractivity contribution is 0.402. The fraction of sp³-hybridized carbons (Fsp3) is 0.294. The van der Waals surface area contributed by atoms with Crippen LogP contribution in [0.5, 0.6) is 5.88 Å². The first-order valence-electron chi connectivity index (χ1n) is 7.90. The summed E-state index contributed by atoms with van der Waals surface area (Å²) in [6.07, 6.45) is 4.91. The van der Waals surface area contributed by atoms with Crippen molar-refractivity contribution in [2.75, 3.05) is 43.1 Å². The normalized spacial score (nSPS) is 14.9.